The van der Waals surface area contributed by atoms with Gasteiger partial charge in [-0.2, -0.15) is 12.6 Å². The van der Waals surface area contributed by atoms with Gasteiger partial charge >= 0.3 is 5.97 Å². The molecule has 0 aromatic carbocycles. The molecule has 14 heavy (non-hydrogen) atoms. The second-order valence-electron chi connectivity index (χ2n) is 3.10. The normalized spacial score (nSPS) is 16.4. The maximum Gasteiger partial charge on any atom is 0.321 e. The van der Waals surface area contributed by atoms with Gasteiger partial charge in [0.1, 0.15) is 6.04 Å². The summed E-state index contributed by atoms with van der Waals surface area (Å²) in [7, 11) is 0. The van der Waals surface area contributed by atoms with E-state index in [0.717, 1.165) is 0 Å². The molecule has 0 aliphatic heterocycles. The molecule has 0 amide bonds. The third-order valence-electron chi connectivity index (χ3n) is 1.56. The van der Waals surface area contributed by atoms with Crippen LogP contribution in [0, 0.1) is 0 Å². The molecule has 0 saturated carbocycles. The van der Waals surface area contributed by atoms with Crippen LogP contribution in [-0.2, 0) is 4.79 Å². The molecule has 0 heterocycles. The molecule has 4 N–H and O–H groups in total. The van der Waals surface area contributed by atoms with E-state index in [-0.39, 0.29) is 11.8 Å². The molecule has 0 rings (SSSR count). The highest BCUT2D eigenvalue weighted by Gasteiger charge is 2.14. The molecule has 0 radical (unpaired) electrons. The Morgan fingerprint density at radius 1 is 1.71 bits per heavy atom. The van der Waals surface area contributed by atoms with Crippen LogP contribution in [0.1, 0.15) is 13.8 Å². The smallest absolute Gasteiger partial charge is 0.321 e. The predicted molar refractivity (Wildman–Crippen MR) is 60.0 cm³/mol. The number of hydrogen-bond donors (Lipinski definition) is 4. The van der Waals surface area contributed by atoms with Gasteiger partial charge in [0.05, 0.1) is 11.9 Å². The van der Waals surface area contributed by atoms with Gasteiger partial charge in [-0.25, -0.2) is 0 Å². The first-order valence-electron chi connectivity index (χ1n) is 4.34. The summed E-state index contributed by atoms with van der Waals surface area (Å²) < 4.78 is 0. The van der Waals surface area contributed by atoms with Gasteiger partial charge in [-0.15, -0.1) is 0 Å². The summed E-state index contributed by atoms with van der Waals surface area (Å²) in [5.74, 6) is -0.148. The van der Waals surface area contributed by atoms with Crippen LogP contribution in [-0.4, -0.2) is 41.3 Å². The Bertz CT molecular complexity index is 217. The minimum atomic E-state index is -0.902. The van der Waals surface area contributed by atoms with E-state index in [4.69, 9.17) is 10.8 Å². The molecule has 0 aliphatic carbocycles. The van der Waals surface area contributed by atoms with Crippen molar-refractivity contribution in [2.45, 2.75) is 25.9 Å². The molecular weight excluding hydrogens is 202 g/mol. The number of nitrogens with two attached hydrogens (primary N) is 1. The number of rotatable bonds is 6. The quantitative estimate of drug-likeness (QED) is 0.281. The number of nitrogens with one attached hydrogen (secondary N) is 1. The first kappa shape index (κ1) is 13.2. The highest BCUT2D eigenvalue weighted by atomic mass is 32.1. The fourth-order valence-corrected chi connectivity index (χ4v) is 1.22. The largest absolute Gasteiger partial charge is 0.480 e. The molecule has 6 heteroatoms. The van der Waals surface area contributed by atoms with Crippen LogP contribution in [0.3, 0.4) is 0 Å². The van der Waals surface area contributed by atoms with E-state index in [1.54, 1.807) is 6.92 Å². The van der Waals surface area contributed by atoms with Crippen molar-refractivity contribution in [1.82, 2.24) is 5.32 Å². The van der Waals surface area contributed by atoms with Crippen molar-refractivity contribution in [3.8, 4) is 0 Å². The summed E-state index contributed by atoms with van der Waals surface area (Å²) in [6.45, 7) is 4.04. The van der Waals surface area contributed by atoms with Crippen LogP contribution < -0.4 is 11.1 Å². The molecular formula is C8H17N3O2S. The standard InChI is InChI=1S/C8H17N3O2S/c1-5(11-6(2)9)3-10-7(4-14)8(12)13/h5,7,10,14H,3-4H2,1-2H3,(H2,9,11)(H,12,13)/t5?,7-/m0/s1. The van der Waals surface area contributed by atoms with Crippen molar-refractivity contribution < 1.29 is 9.90 Å². The number of carboxylic acid groups (broad SMARTS) is 1. The number of thiol groups is 1. The Balaban J connectivity index is 3.91. The third kappa shape index (κ3) is 5.82. The Labute approximate surface area is 89.2 Å². The lowest BCUT2D eigenvalue weighted by molar-refractivity contribution is -0.138. The topological polar surface area (TPSA) is 87.7 Å². The molecule has 0 aliphatic rings. The number of amidine groups is 1. The second-order valence-corrected chi connectivity index (χ2v) is 3.47. The molecule has 2 atom stereocenters. The van der Waals surface area contributed by atoms with Crippen molar-refractivity contribution in [2.24, 2.45) is 10.7 Å². The first-order valence-corrected chi connectivity index (χ1v) is 4.97. The lowest BCUT2D eigenvalue weighted by Crippen LogP contribution is -2.41. The molecule has 0 aromatic heterocycles. The summed E-state index contributed by atoms with van der Waals surface area (Å²) >= 11 is 3.92. The molecule has 0 aromatic rings. The van der Waals surface area contributed by atoms with Crippen LogP contribution in [0.25, 0.3) is 0 Å². The number of carboxylic acids is 1. The molecule has 0 bridgehead atoms. The molecule has 0 saturated heterocycles. The van der Waals surface area contributed by atoms with E-state index in [1.165, 1.54) is 0 Å². The fraction of sp³-hybridized carbons (Fsp3) is 0.750. The van der Waals surface area contributed by atoms with E-state index in [9.17, 15) is 4.79 Å². The van der Waals surface area contributed by atoms with Crippen molar-refractivity contribution in [3.63, 3.8) is 0 Å². The average molecular weight is 219 g/mol. The Morgan fingerprint density at radius 3 is 2.64 bits per heavy atom. The highest BCUT2D eigenvalue weighted by molar-refractivity contribution is 7.80. The van der Waals surface area contributed by atoms with Crippen LogP contribution in [0.15, 0.2) is 4.99 Å². The Morgan fingerprint density at radius 2 is 2.29 bits per heavy atom. The van der Waals surface area contributed by atoms with Gasteiger partial charge in [-0.05, 0) is 13.8 Å². The van der Waals surface area contributed by atoms with Gasteiger partial charge in [-0.1, -0.05) is 0 Å². The van der Waals surface area contributed by atoms with Gasteiger partial charge in [0, 0.05) is 12.3 Å². The first-order chi connectivity index (χ1) is 6.47. The van der Waals surface area contributed by atoms with Crippen LogP contribution in [0.4, 0.5) is 0 Å². The lowest BCUT2D eigenvalue weighted by atomic mass is 10.3. The van der Waals surface area contributed by atoms with Crippen molar-refractivity contribution >= 4 is 24.4 Å². The number of aliphatic carboxylic acids is 1. The van der Waals surface area contributed by atoms with E-state index < -0.39 is 12.0 Å². The average Bonchev–Trinajstić information content (AvgIpc) is 2.03. The maximum atomic E-state index is 10.6. The Kier molecular flexibility index (Phi) is 6.31. The van der Waals surface area contributed by atoms with E-state index in [0.29, 0.717) is 12.4 Å². The summed E-state index contributed by atoms with van der Waals surface area (Å²) in [5.41, 5.74) is 5.38. The molecule has 0 fully saturated rings. The third-order valence-corrected chi connectivity index (χ3v) is 1.93. The number of nitrogens with zero attached hydrogens (tertiary/aromatic N) is 1. The highest BCUT2D eigenvalue weighted by Crippen LogP contribution is 1.92. The van der Waals surface area contributed by atoms with Gasteiger partial charge in [0.2, 0.25) is 0 Å². The van der Waals surface area contributed by atoms with Crippen LogP contribution in [0.5, 0.6) is 0 Å². The van der Waals surface area contributed by atoms with Crippen molar-refractivity contribution in [2.75, 3.05) is 12.3 Å². The van der Waals surface area contributed by atoms with Crippen molar-refractivity contribution in [3.05, 3.63) is 0 Å². The molecule has 5 nitrogen and oxygen atoms in total. The zero-order chi connectivity index (χ0) is 11.1. The minimum Gasteiger partial charge on any atom is -0.480 e. The van der Waals surface area contributed by atoms with Crippen molar-refractivity contribution in [1.29, 1.82) is 0 Å². The summed E-state index contributed by atoms with van der Waals surface area (Å²) in [6, 6.07) is -0.657. The lowest BCUT2D eigenvalue weighted by Gasteiger charge is -2.13. The van der Waals surface area contributed by atoms with Crippen LogP contribution in [0.2, 0.25) is 0 Å². The molecule has 82 valence electrons. The van der Waals surface area contributed by atoms with Crippen LogP contribution >= 0.6 is 12.6 Å². The number of aliphatic imine (C=N–C) groups is 1. The van der Waals surface area contributed by atoms with E-state index >= 15 is 0 Å². The molecule has 1 unspecified atom stereocenters. The van der Waals surface area contributed by atoms with E-state index in [2.05, 4.69) is 22.9 Å². The fourth-order valence-electron chi connectivity index (χ4n) is 0.936. The van der Waals surface area contributed by atoms with Gasteiger partial charge in [0.25, 0.3) is 0 Å². The number of hydrogen-bond acceptors (Lipinski definition) is 4. The van der Waals surface area contributed by atoms with E-state index in [1.807, 2.05) is 6.92 Å². The SMILES string of the molecule is CC(N)=NC(C)CN[C@@H](CS)C(=O)O. The zero-order valence-electron chi connectivity index (χ0n) is 8.40. The minimum absolute atomic E-state index is 0.0262. The Hall–Kier alpha value is -0.750. The summed E-state index contributed by atoms with van der Waals surface area (Å²) in [4.78, 5) is 14.7. The van der Waals surface area contributed by atoms with Gasteiger partial charge < -0.3 is 16.2 Å². The van der Waals surface area contributed by atoms with Gasteiger partial charge in [-0.3, -0.25) is 9.79 Å². The predicted octanol–water partition coefficient (Wildman–Crippen LogP) is -0.275. The zero-order valence-corrected chi connectivity index (χ0v) is 9.29. The molecule has 0 spiro atoms. The monoisotopic (exact) mass is 219 g/mol. The summed E-state index contributed by atoms with van der Waals surface area (Å²) in [6.07, 6.45) is 0. The number of carbonyl (C=O) groups is 1. The summed E-state index contributed by atoms with van der Waals surface area (Å²) in [5, 5.41) is 11.5. The second kappa shape index (κ2) is 6.67. The van der Waals surface area contributed by atoms with Gasteiger partial charge in [0.15, 0.2) is 0 Å². The maximum absolute atomic E-state index is 10.6.